The van der Waals surface area contributed by atoms with Crippen molar-refractivity contribution in [3.63, 3.8) is 0 Å². The van der Waals surface area contributed by atoms with Crippen molar-refractivity contribution in [3.05, 3.63) is 23.1 Å². The molecular weight excluding hydrogens is 288 g/mol. The highest BCUT2D eigenvalue weighted by Gasteiger charge is 2.21. The van der Waals surface area contributed by atoms with Crippen molar-refractivity contribution in [2.24, 2.45) is 0 Å². The van der Waals surface area contributed by atoms with Crippen molar-refractivity contribution in [2.45, 2.75) is 6.92 Å². The molecular formula is C15H20N2O3S. The van der Waals surface area contributed by atoms with Gasteiger partial charge in [0.15, 0.2) is 0 Å². The number of amides is 1. The zero-order chi connectivity index (χ0) is 15.4. The Morgan fingerprint density at radius 1 is 1.43 bits per heavy atom. The number of hydrogen-bond acceptors (Lipinski definition) is 5. The number of nitrogen functional groups attached to an aromatic ring is 1. The molecule has 6 heteroatoms. The molecule has 5 nitrogen and oxygen atoms in total. The van der Waals surface area contributed by atoms with Crippen LogP contribution < -0.4 is 10.5 Å². The monoisotopic (exact) mass is 308 g/mol. The molecule has 2 N–H and O–H groups in total. The van der Waals surface area contributed by atoms with Gasteiger partial charge in [0.2, 0.25) is 0 Å². The van der Waals surface area contributed by atoms with E-state index < -0.39 is 0 Å². The van der Waals surface area contributed by atoms with Gasteiger partial charge in [-0.3, -0.25) is 4.79 Å². The Kier molecular flexibility index (Phi) is 5.03. The maximum atomic E-state index is 12.5. The molecule has 2 aromatic rings. The van der Waals surface area contributed by atoms with Crippen molar-refractivity contribution < 1.29 is 14.3 Å². The van der Waals surface area contributed by atoms with Crippen molar-refractivity contribution >= 4 is 33.0 Å². The first-order chi connectivity index (χ1) is 10.1. The minimum Gasteiger partial charge on any atom is -0.496 e. The van der Waals surface area contributed by atoms with Gasteiger partial charge in [0, 0.05) is 24.9 Å². The molecule has 0 aliphatic rings. The quantitative estimate of drug-likeness (QED) is 0.833. The van der Waals surface area contributed by atoms with Crippen LogP contribution in [-0.4, -0.2) is 44.7 Å². The normalized spacial score (nSPS) is 10.8. The maximum absolute atomic E-state index is 12.5. The number of nitrogens with two attached hydrogens (primary N) is 1. The van der Waals surface area contributed by atoms with Crippen LogP contribution in [0.25, 0.3) is 10.1 Å². The van der Waals surface area contributed by atoms with Crippen LogP contribution in [0.2, 0.25) is 0 Å². The number of ether oxygens (including phenoxy) is 2. The van der Waals surface area contributed by atoms with Crippen molar-refractivity contribution in [2.75, 3.05) is 39.6 Å². The molecule has 0 fully saturated rings. The van der Waals surface area contributed by atoms with Gasteiger partial charge < -0.3 is 20.1 Å². The van der Waals surface area contributed by atoms with Gasteiger partial charge in [0.1, 0.15) is 10.6 Å². The summed E-state index contributed by atoms with van der Waals surface area (Å²) in [6.45, 7) is 3.63. The number of likely N-dealkylation sites (N-methyl/N-ethyl adjacent to an activating group) is 1. The largest absolute Gasteiger partial charge is 0.496 e. The van der Waals surface area contributed by atoms with Gasteiger partial charge in [-0.05, 0) is 19.1 Å². The lowest BCUT2D eigenvalue weighted by molar-refractivity contribution is 0.0715. The third-order valence-electron chi connectivity index (χ3n) is 3.25. The average Bonchev–Trinajstić information content (AvgIpc) is 2.84. The average molecular weight is 308 g/mol. The highest BCUT2D eigenvalue weighted by atomic mass is 32.1. The minimum absolute atomic E-state index is 0.0875. The summed E-state index contributed by atoms with van der Waals surface area (Å²) in [5.41, 5.74) is 6.65. The van der Waals surface area contributed by atoms with Crippen molar-refractivity contribution in [1.82, 2.24) is 4.90 Å². The van der Waals surface area contributed by atoms with Gasteiger partial charge in [-0.15, -0.1) is 11.3 Å². The number of thiophene rings is 1. The second kappa shape index (κ2) is 6.78. The van der Waals surface area contributed by atoms with Gasteiger partial charge in [-0.25, -0.2) is 0 Å². The molecule has 0 spiro atoms. The zero-order valence-electron chi connectivity index (χ0n) is 12.5. The third kappa shape index (κ3) is 3.11. The van der Waals surface area contributed by atoms with E-state index >= 15 is 0 Å². The smallest absolute Gasteiger partial charge is 0.265 e. The molecule has 0 saturated heterocycles. The number of methoxy groups -OCH3 is 1. The van der Waals surface area contributed by atoms with E-state index in [1.165, 1.54) is 11.3 Å². The fourth-order valence-electron chi connectivity index (χ4n) is 2.09. The Morgan fingerprint density at radius 2 is 2.19 bits per heavy atom. The summed E-state index contributed by atoms with van der Waals surface area (Å²) >= 11 is 1.39. The fourth-order valence-corrected chi connectivity index (χ4v) is 3.22. The molecule has 2 rings (SSSR count). The third-order valence-corrected chi connectivity index (χ3v) is 4.41. The van der Waals surface area contributed by atoms with Gasteiger partial charge in [0.25, 0.3) is 5.91 Å². The number of anilines is 1. The second-order valence-corrected chi connectivity index (χ2v) is 5.65. The highest BCUT2D eigenvalue weighted by Crippen LogP contribution is 2.39. The number of rotatable bonds is 6. The first-order valence-corrected chi connectivity index (χ1v) is 7.60. The molecule has 0 atom stereocenters. The predicted octanol–water partition coefficient (Wildman–Crippen LogP) is 2.60. The molecule has 0 aliphatic heterocycles. The molecule has 1 heterocycles. The maximum Gasteiger partial charge on any atom is 0.265 e. The lowest BCUT2D eigenvalue weighted by atomic mass is 10.2. The molecule has 0 aliphatic carbocycles. The van der Waals surface area contributed by atoms with E-state index in [1.54, 1.807) is 19.1 Å². The van der Waals surface area contributed by atoms with Crippen LogP contribution >= 0.6 is 11.3 Å². The summed E-state index contributed by atoms with van der Waals surface area (Å²) in [5.74, 6) is 0.604. The van der Waals surface area contributed by atoms with E-state index in [1.807, 2.05) is 25.1 Å². The van der Waals surface area contributed by atoms with Gasteiger partial charge in [0.05, 0.1) is 24.8 Å². The summed E-state index contributed by atoms with van der Waals surface area (Å²) in [7, 11) is 3.35. The fraction of sp³-hybridized carbons (Fsp3) is 0.400. The van der Waals surface area contributed by atoms with E-state index in [-0.39, 0.29) is 5.91 Å². The Balaban J connectivity index is 2.30. The first-order valence-electron chi connectivity index (χ1n) is 6.78. The van der Waals surface area contributed by atoms with Crippen LogP contribution in [0.5, 0.6) is 5.75 Å². The van der Waals surface area contributed by atoms with Gasteiger partial charge in [-0.2, -0.15) is 0 Å². The van der Waals surface area contributed by atoms with Crippen LogP contribution in [0.3, 0.4) is 0 Å². The van der Waals surface area contributed by atoms with Crippen LogP contribution in [0.15, 0.2) is 18.2 Å². The molecule has 1 aromatic heterocycles. The summed E-state index contributed by atoms with van der Waals surface area (Å²) in [6.07, 6.45) is 0. The topological polar surface area (TPSA) is 64.8 Å². The molecule has 114 valence electrons. The van der Waals surface area contributed by atoms with E-state index in [0.717, 1.165) is 10.1 Å². The van der Waals surface area contributed by atoms with E-state index in [0.29, 0.717) is 36.1 Å². The molecule has 1 aromatic carbocycles. The van der Waals surface area contributed by atoms with Crippen molar-refractivity contribution in [1.29, 1.82) is 0 Å². The Bertz CT molecular complexity index is 639. The standard InChI is InChI=1S/C15H20N2O3S/c1-4-20-9-8-17(2)15(18)14-13(16)12-10(19-3)6-5-7-11(12)21-14/h5-7H,4,8-9,16H2,1-3H3. The second-order valence-electron chi connectivity index (χ2n) is 4.60. The molecule has 0 radical (unpaired) electrons. The number of carbonyl (C=O) groups is 1. The Hall–Kier alpha value is -1.79. The number of benzene rings is 1. The molecule has 0 bridgehead atoms. The first kappa shape index (κ1) is 15.6. The summed E-state index contributed by atoms with van der Waals surface area (Å²) in [6, 6.07) is 5.68. The number of fused-ring (bicyclic) bond motifs is 1. The summed E-state index contributed by atoms with van der Waals surface area (Å²) in [4.78, 5) is 14.7. The lowest BCUT2D eigenvalue weighted by Gasteiger charge is -2.16. The molecule has 0 unspecified atom stereocenters. The number of hydrogen-bond donors (Lipinski definition) is 1. The van der Waals surface area contributed by atoms with Gasteiger partial charge in [-0.1, -0.05) is 6.07 Å². The summed E-state index contributed by atoms with van der Waals surface area (Å²) < 4.78 is 11.5. The lowest BCUT2D eigenvalue weighted by Crippen LogP contribution is -2.30. The number of nitrogens with zero attached hydrogens (tertiary/aromatic N) is 1. The highest BCUT2D eigenvalue weighted by molar-refractivity contribution is 7.21. The van der Waals surface area contributed by atoms with Gasteiger partial charge >= 0.3 is 0 Å². The summed E-state index contributed by atoms with van der Waals surface area (Å²) in [5, 5.41) is 0.812. The molecule has 21 heavy (non-hydrogen) atoms. The van der Waals surface area contributed by atoms with Crippen LogP contribution in [-0.2, 0) is 4.74 Å². The minimum atomic E-state index is -0.0875. The van der Waals surface area contributed by atoms with Crippen LogP contribution in [0.4, 0.5) is 5.69 Å². The van der Waals surface area contributed by atoms with Crippen LogP contribution in [0.1, 0.15) is 16.6 Å². The Labute approximate surface area is 128 Å². The zero-order valence-corrected chi connectivity index (χ0v) is 13.3. The SMILES string of the molecule is CCOCCN(C)C(=O)c1sc2cccc(OC)c2c1N. The van der Waals surface area contributed by atoms with Crippen molar-refractivity contribution in [3.8, 4) is 5.75 Å². The van der Waals surface area contributed by atoms with E-state index in [2.05, 4.69) is 0 Å². The van der Waals surface area contributed by atoms with Crippen LogP contribution in [0, 0.1) is 0 Å². The molecule has 1 amide bonds. The van der Waals surface area contributed by atoms with E-state index in [9.17, 15) is 4.79 Å². The predicted molar refractivity (Wildman–Crippen MR) is 86.2 cm³/mol. The number of carbonyl (C=O) groups excluding carboxylic acids is 1. The van der Waals surface area contributed by atoms with E-state index in [4.69, 9.17) is 15.2 Å². The Morgan fingerprint density at radius 3 is 2.86 bits per heavy atom. The molecule has 0 saturated carbocycles.